The average Bonchev–Trinajstić information content (AvgIpc) is 2.90. The van der Waals surface area contributed by atoms with Gasteiger partial charge in [-0.05, 0) is 43.6 Å². The summed E-state index contributed by atoms with van der Waals surface area (Å²) in [5.74, 6) is -0.319. The van der Waals surface area contributed by atoms with Gasteiger partial charge in [0.05, 0.1) is 11.1 Å². The zero-order chi connectivity index (χ0) is 17.6. The molecule has 1 aliphatic rings. The molecule has 0 aliphatic carbocycles. The van der Waals surface area contributed by atoms with Crippen molar-refractivity contribution in [3.05, 3.63) is 71.3 Å². The smallest absolute Gasteiger partial charge is 0.261 e. The van der Waals surface area contributed by atoms with E-state index in [0.29, 0.717) is 17.7 Å². The first-order valence-corrected chi connectivity index (χ1v) is 8.92. The summed E-state index contributed by atoms with van der Waals surface area (Å²) in [4.78, 5) is 28.5. The van der Waals surface area contributed by atoms with Gasteiger partial charge in [-0.25, -0.2) is 0 Å². The zero-order valence-corrected chi connectivity index (χ0v) is 14.6. The minimum atomic E-state index is -0.159. The maximum atomic E-state index is 12.4. The highest BCUT2D eigenvalue weighted by molar-refractivity contribution is 6.21. The molecule has 4 heteroatoms. The van der Waals surface area contributed by atoms with E-state index in [0.717, 1.165) is 32.5 Å². The minimum absolute atomic E-state index is 0.159. The molecular formula is C21H24N2O2. The fourth-order valence-electron chi connectivity index (χ4n) is 3.25. The number of hydrogen-bond acceptors (Lipinski definition) is 3. The lowest BCUT2D eigenvalue weighted by Gasteiger charge is -2.22. The van der Waals surface area contributed by atoms with Crippen LogP contribution in [0.3, 0.4) is 0 Å². The van der Waals surface area contributed by atoms with Gasteiger partial charge in [0.1, 0.15) is 0 Å². The number of likely N-dealkylation sites (N-methyl/N-ethyl adjacent to an activating group) is 1. The van der Waals surface area contributed by atoms with Crippen molar-refractivity contribution < 1.29 is 9.59 Å². The quantitative estimate of drug-likeness (QED) is 0.695. The topological polar surface area (TPSA) is 40.6 Å². The van der Waals surface area contributed by atoms with Crippen LogP contribution in [0.25, 0.3) is 0 Å². The second-order valence-corrected chi connectivity index (χ2v) is 6.33. The van der Waals surface area contributed by atoms with Gasteiger partial charge in [-0.3, -0.25) is 14.5 Å². The molecule has 2 aromatic rings. The van der Waals surface area contributed by atoms with E-state index in [1.807, 2.05) is 6.07 Å². The molecule has 0 fully saturated rings. The van der Waals surface area contributed by atoms with Crippen molar-refractivity contribution >= 4 is 11.8 Å². The lowest BCUT2D eigenvalue weighted by Crippen LogP contribution is -2.34. The number of benzene rings is 2. The Labute approximate surface area is 149 Å². The number of hydrogen-bond donors (Lipinski definition) is 0. The molecular weight excluding hydrogens is 312 g/mol. The van der Waals surface area contributed by atoms with Crippen molar-refractivity contribution in [1.82, 2.24) is 9.80 Å². The first-order chi connectivity index (χ1) is 12.2. The van der Waals surface area contributed by atoms with E-state index < -0.39 is 0 Å². The molecule has 0 atom stereocenters. The van der Waals surface area contributed by atoms with Gasteiger partial charge in [-0.15, -0.1) is 0 Å². The molecule has 1 aliphatic heterocycles. The fraction of sp³-hybridized carbons (Fsp3) is 0.333. The average molecular weight is 336 g/mol. The number of fused-ring (bicyclic) bond motifs is 1. The van der Waals surface area contributed by atoms with Crippen LogP contribution in [0.2, 0.25) is 0 Å². The summed E-state index contributed by atoms with van der Waals surface area (Å²) in [5, 5.41) is 0. The van der Waals surface area contributed by atoms with Gasteiger partial charge >= 0.3 is 0 Å². The van der Waals surface area contributed by atoms with Gasteiger partial charge in [0.25, 0.3) is 11.8 Å². The Kier molecular flexibility index (Phi) is 5.61. The minimum Gasteiger partial charge on any atom is -0.303 e. The van der Waals surface area contributed by atoms with Crippen molar-refractivity contribution in [1.29, 1.82) is 0 Å². The van der Waals surface area contributed by atoms with Crippen LogP contribution < -0.4 is 0 Å². The Balaban J connectivity index is 1.49. The summed E-state index contributed by atoms with van der Waals surface area (Å²) in [6.45, 7) is 5.47. The largest absolute Gasteiger partial charge is 0.303 e. The first-order valence-electron chi connectivity index (χ1n) is 8.92. The Morgan fingerprint density at radius 3 is 2.04 bits per heavy atom. The molecule has 130 valence electrons. The standard InChI is InChI=1S/C21H24N2O2/c1-2-22(16-13-17-9-4-3-5-10-17)14-8-15-23-20(24)18-11-6-7-12-19(18)21(23)25/h3-7,9-12H,2,8,13-16H2,1H3. The maximum Gasteiger partial charge on any atom is 0.261 e. The predicted molar refractivity (Wildman–Crippen MR) is 98.7 cm³/mol. The molecule has 4 nitrogen and oxygen atoms in total. The lowest BCUT2D eigenvalue weighted by molar-refractivity contribution is 0.0647. The number of carbonyl (C=O) groups is 2. The highest BCUT2D eigenvalue weighted by atomic mass is 16.2. The third-order valence-corrected chi connectivity index (χ3v) is 4.74. The molecule has 0 N–H and O–H groups in total. The summed E-state index contributed by atoms with van der Waals surface area (Å²) in [6, 6.07) is 17.5. The summed E-state index contributed by atoms with van der Waals surface area (Å²) in [7, 11) is 0. The highest BCUT2D eigenvalue weighted by Crippen LogP contribution is 2.22. The number of imide groups is 1. The monoisotopic (exact) mass is 336 g/mol. The van der Waals surface area contributed by atoms with Crippen molar-refractivity contribution in [2.45, 2.75) is 19.8 Å². The van der Waals surface area contributed by atoms with E-state index in [2.05, 4.69) is 36.1 Å². The molecule has 0 saturated carbocycles. The second-order valence-electron chi connectivity index (χ2n) is 6.33. The normalized spacial score (nSPS) is 13.6. The molecule has 0 radical (unpaired) electrons. The first kappa shape index (κ1) is 17.4. The molecule has 0 bridgehead atoms. The summed E-state index contributed by atoms with van der Waals surface area (Å²) in [5.41, 5.74) is 2.40. The van der Waals surface area contributed by atoms with Gasteiger partial charge in [0.2, 0.25) is 0 Å². The van der Waals surface area contributed by atoms with Crippen molar-refractivity contribution in [2.24, 2.45) is 0 Å². The molecule has 2 aromatic carbocycles. The van der Waals surface area contributed by atoms with Crippen LogP contribution in [-0.4, -0.2) is 47.8 Å². The molecule has 2 amide bonds. The maximum absolute atomic E-state index is 12.4. The summed E-state index contributed by atoms with van der Waals surface area (Å²) >= 11 is 0. The van der Waals surface area contributed by atoms with Crippen LogP contribution >= 0.6 is 0 Å². The van der Waals surface area contributed by atoms with E-state index in [1.165, 1.54) is 10.5 Å². The Hall–Kier alpha value is -2.46. The van der Waals surface area contributed by atoms with Crippen molar-refractivity contribution in [3.8, 4) is 0 Å². The summed E-state index contributed by atoms with van der Waals surface area (Å²) in [6.07, 6.45) is 1.82. The molecule has 0 aromatic heterocycles. The van der Waals surface area contributed by atoms with Crippen LogP contribution in [0.4, 0.5) is 0 Å². The third kappa shape index (κ3) is 3.97. The molecule has 0 unspecified atom stereocenters. The van der Waals surface area contributed by atoms with Gasteiger partial charge in [0.15, 0.2) is 0 Å². The number of amides is 2. The molecule has 3 rings (SSSR count). The Morgan fingerprint density at radius 2 is 1.44 bits per heavy atom. The van der Waals surface area contributed by atoms with Crippen LogP contribution in [0.1, 0.15) is 39.6 Å². The van der Waals surface area contributed by atoms with Crippen LogP contribution in [0, 0.1) is 0 Å². The Morgan fingerprint density at radius 1 is 0.840 bits per heavy atom. The van der Waals surface area contributed by atoms with E-state index in [-0.39, 0.29) is 11.8 Å². The SMILES string of the molecule is CCN(CCCN1C(=O)c2ccccc2C1=O)CCc1ccccc1. The van der Waals surface area contributed by atoms with Gasteiger partial charge < -0.3 is 4.90 Å². The fourth-order valence-corrected chi connectivity index (χ4v) is 3.25. The molecule has 0 saturated heterocycles. The van der Waals surface area contributed by atoms with E-state index in [9.17, 15) is 9.59 Å². The van der Waals surface area contributed by atoms with Crippen LogP contribution in [0.15, 0.2) is 54.6 Å². The second kappa shape index (κ2) is 8.08. The van der Waals surface area contributed by atoms with Crippen LogP contribution in [-0.2, 0) is 6.42 Å². The number of nitrogens with zero attached hydrogens (tertiary/aromatic N) is 2. The zero-order valence-electron chi connectivity index (χ0n) is 14.6. The van der Waals surface area contributed by atoms with Crippen molar-refractivity contribution in [2.75, 3.05) is 26.2 Å². The van der Waals surface area contributed by atoms with E-state index >= 15 is 0 Å². The van der Waals surface area contributed by atoms with Crippen molar-refractivity contribution in [3.63, 3.8) is 0 Å². The van der Waals surface area contributed by atoms with E-state index in [1.54, 1.807) is 24.3 Å². The van der Waals surface area contributed by atoms with Gasteiger partial charge in [0, 0.05) is 13.1 Å². The molecule has 25 heavy (non-hydrogen) atoms. The number of carbonyl (C=O) groups excluding carboxylic acids is 2. The molecule has 0 spiro atoms. The van der Waals surface area contributed by atoms with E-state index in [4.69, 9.17) is 0 Å². The van der Waals surface area contributed by atoms with Crippen LogP contribution in [0.5, 0.6) is 0 Å². The Bertz CT molecular complexity index is 708. The highest BCUT2D eigenvalue weighted by Gasteiger charge is 2.34. The predicted octanol–water partition coefficient (Wildman–Crippen LogP) is 3.24. The third-order valence-electron chi connectivity index (χ3n) is 4.74. The molecule has 1 heterocycles. The van der Waals surface area contributed by atoms with Gasteiger partial charge in [-0.1, -0.05) is 49.4 Å². The number of rotatable bonds is 8. The lowest BCUT2D eigenvalue weighted by atomic mass is 10.1. The van der Waals surface area contributed by atoms with Gasteiger partial charge in [-0.2, -0.15) is 0 Å². The summed E-state index contributed by atoms with van der Waals surface area (Å²) < 4.78 is 0.